The molecule has 2 aromatic heterocycles. The lowest BCUT2D eigenvalue weighted by Gasteiger charge is -2.32. The van der Waals surface area contributed by atoms with Gasteiger partial charge in [-0.1, -0.05) is 35.3 Å². The van der Waals surface area contributed by atoms with Gasteiger partial charge in [-0.25, -0.2) is 19.7 Å². The van der Waals surface area contributed by atoms with E-state index in [0.29, 0.717) is 46.7 Å². The predicted octanol–water partition coefficient (Wildman–Crippen LogP) is 5.13. The zero-order chi connectivity index (χ0) is 25.8. The van der Waals surface area contributed by atoms with E-state index in [1.165, 1.54) is 0 Å². The number of alkyl carbamates (subject to hydrolysis) is 1. The smallest absolute Gasteiger partial charge is 0.407 e. The molecule has 0 bridgehead atoms. The number of aromatic nitrogens is 4. The number of rotatable bonds is 7. The van der Waals surface area contributed by atoms with E-state index in [2.05, 4.69) is 20.2 Å². The Morgan fingerprint density at radius 3 is 2.54 bits per heavy atom. The van der Waals surface area contributed by atoms with E-state index in [1.54, 1.807) is 13.4 Å². The van der Waals surface area contributed by atoms with Gasteiger partial charge in [0, 0.05) is 42.5 Å². The highest BCUT2D eigenvalue weighted by Gasteiger charge is 2.26. The van der Waals surface area contributed by atoms with E-state index >= 15 is 0 Å². The molecule has 37 heavy (non-hydrogen) atoms. The molecule has 1 fully saturated rings. The van der Waals surface area contributed by atoms with Crippen LogP contribution < -0.4 is 10.2 Å². The molecule has 0 spiro atoms. The van der Waals surface area contributed by atoms with Crippen molar-refractivity contribution in [2.45, 2.75) is 18.9 Å². The van der Waals surface area contributed by atoms with Crippen LogP contribution in [-0.4, -0.2) is 65.1 Å². The number of carbonyl (C=O) groups excluding carboxylic acids is 1. The summed E-state index contributed by atoms with van der Waals surface area (Å²) >= 11 is 12.7. The van der Waals surface area contributed by atoms with Crippen molar-refractivity contribution in [3.8, 4) is 17.1 Å². The van der Waals surface area contributed by atoms with Gasteiger partial charge in [0.25, 0.3) is 0 Å². The van der Waals surface area contributed by atoms with Crippen LogP contribution in [0.3, 0.4) is 0 Å². The topological polar surface area (TPSA) is 94.4 Å². The number of piperidine rings is 1. The molecule has 1 saturated heterocycles. The van der Waals surface area contributed by atoms with Gasteiger partial charge < -0.3 is 19.7 Å². The third-order valence-electron chi connectivity index (χ3n) is 6.26. The van der Waals surface area contributed by atoms with Crippen molar-refractivity contribution in [1.82, 2.24) is 24.8 Å². The summed E-state index contributed by atoms with van der Waals surface area (Å²) in [6.45, 7) is 1.99. The zero-order valence-electron chi connectivity index (χ0n) is 20.2. The Labute approximate surface area is 224 Å². The average Bonchev–Trinajstić information content (AvgIpc) is 3.29. The van der Waals surface area contributed by atoms with Crippen molar-refractivity contribution in [2.75, 3.05) is 38.3 Å². The molecule has 4 aromatic rings. The van der Waals surface area contributed by atoms with Gasteiger partial charge in [-0.05, 0) is 49.2 Å². The van der Waals surface area contributed by atoms with E-state index in [0.717, 1.165) is 29.9 Å². The van der Waals surface area contributed by atoms with Gasteiger partial charge in [-0.2, -0.15) is 0 Å². The van der Waals surface area contributed by atoms with Crippen LogP contribution in [0.4, 0.5) is 10.6 Å². The fourth-order valence-corrected chi connectivity index (χ4v) is 4.78. The summed E-state index contributed by atoms with van der Waals surface area (Å²) in [4.78, 5) is 28.4. The van der Waals surface area contributed by atoms with E-state index in [9.17, 15) is 4.79 Å². The van der Waals surface area contributed by atoms with Crippen LogP contribution in [0.15, 0.2) is 54.9 Å². The van der Waals surface area contributed by atoms with Gasteiger partial charge in [-0.15, -0.1) is 0 Å². The number of fused-ring (bicyclic) bond motifs is 1. The number of nitrogens with one attached hydrogen (secondary N) is 1. The van der Waals surface area contributed by atoms with Crippen LogP contribution in [0.1, 0.15) is 12.8 Å². The summed E-state index contributed by atoms with van der Waals surface area (Å²) < 4.78 is 12.0. The molecule has 3 heterocycles. The first-order chi connectivity index (χ1) is 18.0. The molecule has 0 unspecified atom stereocenters. The van der Waals surface area contributed by atoms with Crippen molar-refractivity contribution in [3.63, 3.8) is 0 Å². The molecule has 11 heteroatoms. The van der Waals surface area contributed by atoms with Crippen LogP contribution in [0.2, 0.25) is 10.0 Å². The second kappa shape index (κ2) is 11.3. The second-order valence-corrected chi connectivity index (χ2v) is 9.47. The summed E-state index contributed by atoms with van der Waals surface area (Å²) in [6, 6.07) is 15.1. The van der Waals surface area contributed by atoms with Gasteiger partial charge >= 0.3 is 6.09 Å². The third-order valence-corrected chi connectivity index (χ3v) is 6.84. The van der Waals surface area contributed by atoms with Crippen molar-refractivity contribution in [2.24, 2.45) is 0 Å². The normalized spacial score (nSPS) is 14.2. The highest BCUT2D eigenvalue weighted by molar-refractivity contribution is 6.33. The van der Waals surface area contributed by atoms with Gasteiger partial charge in [0.15, 0.2) is 17.0 Å². The first-order valence-electron chi connectivity index (χ1n) is 12.0. The molecule has 1 amide bonds. The van der Waals surface area contributed by atoms with Crippen molar-refractivity contribution < 1.29 is 14.3 Å². The van der Waals surface area contributed by atoms with Gasteiger partial charge in [-0.3, -0.25) is 4.57 Å². The van der Waals surface area contributed by atoms with Crippen molar-refractivity contribution in [1.29, 1.82) is 0 Å². The minimum absolute atomic E-state index is 0.0222. The monoisotopic (exact) mass is 540 g/mol. The Hall–Kier alpha value is -3.40. The molecular weight excluding hydrogens is 515 g/mol. The Kier molecular flexibility index (Phi) is 7.73. The number of anilines is 1. The standard InChI is InChI=1S/C26H26Cl2N6O3/c1-36-14-15-37-26(35)31-18-10-12-33(13-11-18)24-22-25(30-16-29-24)34(19-8-6-17(27)7-9-19)23(32-22)20-4-2-3-5-21(20)28/h2-9,16,18H,10-15H2,1H3,(H,31,35). The van der Waals surface area contributed by atoms with Crippen LogP contribution in [0.25, 0.3) is 28.2 Å². The van der Waals surface area contributed by atoms with Crippen LogP contribution in [0.5, 0.6) is 0 Å². The number of imidazole rings is 1. The number of benzene rings is 2. The molecule has 5 rings (SSSR count). The molecule has 1 N–H and O–H groups in total. The molecule has 1 aliphatic rings. The maximum Gasteiger partial charge on any atom is 0.407 e. The molecular formula is C26H26Cl2N6O3. The van der Waals surface area contributed by atoms with E-state index in [1.807, 2.05) is 53.1 Å². The number of halogens is 2. The predicted molar refractivity (Wildman–Crippen MR) is 144 cm³/mol. The van der Waals surface area contributed by atoms with Crippen LogP contribution >= 0.6 is 23.2 Å². The lowest BCUT2D eigenvalue weighted by Crippen LogP contribution is -2.45. The Morgan fingerprint density at radius 2 is 1.81 bits per heavy atom. The third kappa shape index (κ3) is 5.49. The maximum atomic E-state index is 12.0. The Bertz CT molecular complexity index is 1390. The van der Waals surface area contributed by atoms with Gasteiger partial charge in [0.05, 0.1) is 11.6 Å². The summed E-state index contributed by atoms with van der Waals surface area (Å²) in [5, 5.41) is 4.16. The highest BCUT2D eigenvalue weighted by Crippen LogP contribution is 2.35. The first kappa shape index (κ1) is 25.3. The fourth-order valence-electron chi connectivity index (χ4n) is 4.43. The minimum atomic E-state index is -0.425. The first-order valence-corrected chi connectivity index (χ1v) is 12.7. The van der Waals surface area contributed by atoms with Crippen molar-refractivity contribution in [3.05, 3.63) is 64.9 Å². The van der Waals surface area contributed by atoms with Crippen molar-refractivity contribution >= 4 is 46.3 Å². The number of methoxy groups -OCH3 is 1. The Balaban J connectivity index is 1.45. The molecule has 0 radical (unpaired) electrons. The molecule has 0 saturated carbocycles. The SMILES string of the molecule is COCCOC(=O)NC1CCN(c2ncnc3c2nc(-c2ccccc2Cl)n3-c2ccc(Cl)cc2)CC1. The molecule has 0 aliphatic carbocycles. The summed E-state index contributed by atoms with van der Waals surface area (Å²) in [5.41, 5.74) is 3.00. The fraction of sp³-hybridized carbons (Fsp3) is 0.308. The lowest BCUT2D eigenvalue weighted by atomic mass is 10.1. The van der Waals surface area contributed by atoms with Crippen LogP contribution in [0, 0.1) is 0 Å². The molecule has 192 valence electrons. The number of amides is 1. The number of carbonyl (C=O) groups is 1. The minimum Gasteiger partial charge on any atom is -0.447 e. The second-order valence-electron chi connectivity index (χ2n) is 8.63. The molecule has 9 nitrogen and oxygen atoms in total. The zero-order valence-corrected chi connectivity index (χ0v) is 21.7. The van der Waals surface area contributed by atoms with E-state index in [4.69, 9.17) is 37.7 Å². The number of hydrogen-bond acceptors (Lipinski definition) is 7. The number of ether oxygens (including phenoxy) is 2. The molecule has 2 aromatic carbocycles. The average molecular weight is 541 g/mol. The molecule has 1 aliphatic heterocycles. The Morgan fingerprint density at radius 1 is 1.05 bits per heavy atom. The van der Waals surface area contributed by atoms with Crippen LogP contribution in [-0.2, 0) is 9.47 Å². The van der Waals surface area contributed by atoms with Gasteiger partial charge in [0.1, 0.15) is 18.8 Å². The van der Waals surface area contributed by atoms with E-state index < -0.39 is 6.09 Å². The summed E-state index contributed by atoms with van der Waals surface area (Å²) in [7, 11) is 1.57. The largest absolute Gasteiger partial charge is 0.447 e. The number of nitrogens with zero attached hydrogens (tertiary/aromatic N) is 5. The lowest BCUT2D eigenvalue weighted by molar-refractivity contribution is 0.0956. The number of hydrogen-bond donors (Lipinski definition) is 1. The highest BCUT2D eigenvalue weighted by atomic mass is 35.5. The molecule has 0 atom stereocenters. The quantitative estimate of drug-likeness (QED) is 0.324. The van der Waals surface area contributed by atoms with Gasteiger partial charge in [0.2, 0.25) is 0 Å². The maximum absolute atomic E-state index is 12.0. The summed E-state index contributed by atoms with van der Waals surface area (Å²) in [6.07, 6.45) is 2.63. The van der Waals surface area contributed by atoms with E-state index in [-0.39, 0.29) is 12.6 Å². The summed E-state index contributed by atoms with van der Waals surface area (Å²) in [5.74, 6) is 1.41.